The molecule has 0 bridgehead atoms. The monoisotopic (exact) mass is 253 g/mol. The molecule has 1 aromatic carbocycles. The van der Waals surface area contributed by atoms with Crippen molar-refractivity contribution in [3.63, 3.8) is 0 Å². The van der Waals surface area contributed by atoms with Crippen LogP contribution in [-0.2, 0) is 11.3 Å². The highest BCUT2D eigenvalue weighted by molar-refractivity contribution is 5.73. The molecule has 0 aromatic heterocycles. The van der Waals surface area contributed by atoms with Crippen LogP contribution in [0.1, 0.15) is 16.7 Å². The van der Waals surface area contributed by atoms with Crippen molar-refractivity contribution in [2.75, 3.05) is 7.05 Å². The molecule has 0 saturated heterocycles. The third-order valence-electron chi connectivity index (χ3n) is 2.40. The number of rotatable bonds is 2. The Bertz CT molecular complexity index is 408. The molecule has 2 amide bonds. The second-order valence-electron chi connectivity index (χ2n) is 3.71. The van der Waals surface area contributed by atoms with Gasteiger partial charge in [0, 0.05) is 7.05 Å². The van der Waals surface area contributed by atoms with Gasteiger partial charge in [0.1, 0.15) is 0 Å². The first kappa shape index (κ1) is 15.9. The summed E-state index contributed by atoms with van der Waals surface area (Å²) in [6.07, 6.45) is 0. The first-order valence-electron chi connectivity index (χ1n) is 5.34. The summed E-state index contributed by atoms with van der Waals surface area (Å²) < 4.78 is 0. The average Bonchev–Trinajstić information content (AvgIpc) is 2.33. The summed E-state index contributed by atoms with van der Waals surface area (Å²) in [5.41, 5.74) is 3.48. The molecule has 0 radical (unpaired) electrons. The van der Waals surface area contributed by atoms with E-state index in [1.807, 2.05) is 25.1 Å². The number of carbonyl (C=O) groups is 2. The van der Waals surface area contributed by atoms with Gasteiger partial charge in [0.05, 0.1) is 6.54 Å². The Morgan fingerprint density at radius 2 is 2.00 bits per heavy atom. The number of carbonyl (C=O) groups excluding carboxylic acids is 1. The summed E-state index contributed by atoms with van der Waals surface area (Å²) in [6.45, 7) is 4.26. The van der Waals surface area contributed by atoms with Crippen molar-refractivity contribution < 1.29 is 14.7 Å². The van der Waals surface area contributed by atoms with Crippen LogP contribution < -0.4 is 11.2 Å². The molecule has 18 heavy (non-hydrogen) atoms. The van der Waals surface area contributed by atoms with Crippen LogP contribution in [0.15, 0.2) is 18.2 Å². The Labute approximate surface area is 106 Å². The number of nitrogens with two attached hydrogens (primary N) is 1. The van der Waals surface area contributed by atoms with Gasteiger partial charge in [-0.25, -0.2) is 10.6 Å². The Balaban J connectivity index is 0.000000873. The number of amides is 2. The number of urea groups is 1. The molecule has 0 aliphatic carbocycles. The highest BCUT2D eigenvalue weighted by atomic mass is 16.3. The van der Waals surface area contributed by atoms with E-state index in [0.717, 1.165) is 10.6 Å². The second kappa shape index (κ2) is 8.08. The van der Waals surface area contributed by atoms with Gasteiger partial charge in [0.15, 0.2) is 0 Å². The van der Waals surface area contributed by atoms with Gasteiger partial charge in [-0.05, 0) is 30.5 Å². The topological polar surface area (TPSA) is 95.7 Å². The maximum atomic E-state index is 11.2. The number of nitrogens with zero attached hydrogens (tertiary/aromatic N) is 1. The molecule has 6 heteroatoms. The van der Waals surface area contributed by atoms with E-state index in [9.17, 15) is 4.79 Å². The van der Waals surface area contributed by atoms with E-state index >= 15 is 0 Å². The molecule has 4 N–H and O–H groups in total. The molecule has 1 rings (SSSR count). The van der Waals surface area contributed by atoms with Crippen molar-refractivity contribution in [3.05, 3.63) is 34.9 Å². The quantitative estimate of drug-likeness (QED) is 0.317. The van der Waals surface area contributed by atoms with Crippen LogP contribution in [0.4, 0.5) is 4.79 Å². The van der Waals surface area contributed by atoms with Crippen LogP contribution in [0.2, 0.25) is 0 Å². The normalized spacial score (nSPS) is 8.89. The van der Waals surface area contributed by atoms with Gasteiger partial charge in [-0.15, -0.1) is 0 Å². The summed E-state index contributed by atoms with van der Waals surface area (Å²) in [7, 11) is 1.56. The van der Waals surface area contributed by atoms with Crippen molar-refractivity contribution in [2.45, 2.75) is 20.4 Å². The van der Waals surface area contributed by atoms with Crippen molar-refractivity contribution in [1.82, 2.24) is 10.3 Å². The molecule has 0 spiro atoms. The molecule has 0 heterocycles. The van der Waals surface area contributed by atoms with E-state index in [1.54, 1.807) is 7.05 Å². The standard InChI is InChI=1S/C11H17N3O.CH2O2/c1-8-4-5-10(6-9(8)2)7-14(12)11(15)13-3;2-1-3/h4-6H,7,12H2,1-3H3,(H,13,15);1H,(H,2,3). The summed E-state index contributed by atoms with van der Waals surface area (Å²) in [6, 6.07) is 5.76. The number of carboxylic acid groups (broad SMARTS) is 1. The predicted octanol–water partition coefficient (Wildman–Crippen LogP) is 1.02. The van der Waals surface area contributed by atoms with Gasteiger partial charge in [-0.3, -0.25) is 9.80 Å². The van der Waals surface area contributed by atoms with E-state index in [4.69, 9.17) is 15.7 Å². The highest BCUT2D eigenvalue weighted by Gasteiger charge is 2.07. The van der Waals surface area contributed by atoms with Crippen LogP contribution in [-0.4, -0.2) is 29.7 Å². The lowest BCUT2D eigenvalue weighted by Crippen LogP contribution is -2.42. The fourth-order valence-corrected chi connectivity index (χ4v) is 1.31. The van der Waals surface area contributed by atoms with Crippen molar-refractivity contribution in [1.29, 1.82) is 0 Å². The number of hydrogen-bond acceptors (Lipinski definition) is 3. The zero-order valence-electron chi connectivity index (χ0n) is 10.8. The predicted molar refractivity (Wildman–Crippen MR) is 68.8 cm³/mol. The summed E-state index contributed by atoms with van der Waals surface area (Å²) in [5.74, 6) is 5.57. The maximum absolute atomic E-state index is 11.2. The Hall–Kier alpha value is -2.08. The molecule has 0 atom stereocenters. The number of hydrogen-bond donors (Lipinski definition) is 3. The number of aryl methyl sites for hydroxylation is 2. The fourth-order valence-electron chi connectivity index (χ4n) is 1.31. The smallest absolute Gasteiger partial charge is 0.331 e. The van der Waals surface area contributed by atoms with Gasteiger partial charge < -0.3 is 10.4 Å². The number of benzene rings is 1. The molecule has 0 aliphatic rings. The lowest BCUT2D eigenvalue weighted by Gasteiger charge is -2.16. The zero-order chi connectivity index (χ0) is 14.1. The molecule has 0 fully saturated rings. The van der Waals surface area contributed by atoms with E-state index in [1.165, 1.54) is 11.1 Å². The highest BCUT2D eigenvalue weighted by Crippen LogP contribution is 2.10. The van der Waals surface area contributed by atoms with Crippen molar-refractivity contribution in [2.24, 2.45) is 5.84 Å². The Morgan fingerprint density at radius 3 is 2.44 bits per heavy atom. The van der Waals surface area contributed by atoms with Crippen LogP contribution in [0, 0.1) is 13.8 Å². The minimum atomic E-state index is -0.284. The fraction of sp³-hybridized carbons (Fsp3) is 0.333. The van der Waals surface area contributed by atoms with E-state index in [0.29, 0.717) is 6.54 Å². The summed E-state index contributed by atoms with van der Waals surface area (Å²) >= 11 is 0. The summed E-state index contributed by atoms with van der Waals surface area (Å²) in [5, 5.41) is 10.5. The van der Waals surface area contributed by atoms with E-state index in [-0.39, 0.29) is 12.5 Å². The van der Waals surface area contributed by atoms with Crippen molar-refractivity contribution in [3.8, 4) is 0 Å². The van der Waals surface area contributed by atoms with Gasteiger partial charge in [-0.2, -0.15) is 0 Å². The van der Waals surface area contributed by atoms with Crippen LogP contribution >= 0.6 is 0 Å². The van der Waals surface area contributed by atoms with Crippen molar-refractivity contribution >= 4 is 12.5 Å². The molecule has 1 aromatic rings. The largest absolute Gasteiger partial charge is 0.483 e. The maximum Gasteiger partial charge on any atom is 0.331 e. The molecule has 0 unspecified atom stereocenters. The molecule has 100 valence electrons. The molecule has 6 nitrogen and oxygen atoms in total. The van der Waals surface area contributed by atoms with Gasteiger partial charge in [0.2, 0.25) is 0 Å². The number of nitrogens with one attached hydrogen (secondary N) is 1. The minimum absolute atomic E-state index is 0.250. The van der Waals surface area contributed by atoms with E-state index < -0.39 is 0 Å². The molecule has 0 saturated carbocycles. The molecule has 0 aliphatic heterocycles. The Morgan fingerprint density at radius 1 is 1.44 bits per heavy atom. The SMILES string of the molecule is CNC(=O)N(N)Cc1ccc(C)c(C)c1.O=CO. The molecular formula is C12H19N3O3. The van der Waals surface area contributed by atoms with Crippen LogP contribution in [0.3, 0.4) is 0 Å². The van der Waals surface area contributed by atoms with Crippen LogP contribution in [0.25, 0.3) is 0 Å². The van der Waals surface area contributed by atoms with Gasteiger partial charge in [0.25, 0.3) is 6.47 Å². The van der Waals surface area contributed by atoms with Gasteiger partial charge >= 0.3 is 6.03 Å². The molecular weight excluding hydrogens is 234 g/mol. The lowest BCUT2D eigenvalue weighted by molar-refractivity contribution is -0.122. The third kappa shape index (κ3) is 5.31. The third-order valence-corrected chi connectivity index (χ3v) is 2.40. The van der Waals surface area contributed by atoms with E-state index in [2.05, 4.69) is 12.2 Å². The first-order chi connectivity index (χ1) is 8.46. The second-order valence-corrected chi connectivity index (χ2v) is 3.71. The van der Waals surface area contributed by atoms with Crippen LogP contribution in [0.5, 0.6) is 0 Å². The van der Waals surface area contributed by atoms with Gasteiger partial charge in [-0.1, -0.05) is 18.2 Å². The summed E-state index contributed by atoms with van der Waals surface area (Å²) in [4.78, 5) is 19.5. The lowest BCUT2D eigenvalue weighted by atomic mass is 10.1. The first-order valence-corrected chi connectivity index (χ1v) is 5.34. The Kier molecular flexibility index (Phi) is 7.14. The minimum Gasteiger partial charge on any atom is -0.483 e. The zero-order valence-corrected chi connectivity index (χ0v) is 10.8. The average molecular weight is 253 g/mol. The number of hydrazine groups is 1.